The van der Waals surface area contributed by atoms with E-state index in [0.717, 1.165) is 41.7 Å². The van der Waals surface area contributed by atoms with Crippen LogP contribution in [0.1, 0.15) is 52.6 Å². The summed E-state index contributed by atoms with van der Waals surface area (Å²) in [5.74, 6) is 1.12. The second-order valence-corrected chi connectivity index (χ2v) is 15.2. The summed E-state index contributed by atoms with van der Waals surface area (Å²) in [7, 11) is 0. The Morgan fingerprint density at radius 2 is 1.31 bits per heavy atom. The molecule has 3 heteroatoms. The third-order valence-electron chi connectivity index (χ3n) is 10.8. The molecule has 0 N–H and O–H groups in total. The second-order valence-electron chi connectivity index (χ2n) is 14.2. The lowest BCUT2D eigenvalue weighted by atomic mass is 9.85. The monoisotopic (exact) mass is 712 g/mol. The molecule has 1 aliphatic carbocycles. The van der Waals surface area contributed by atoms with E-state index in [1.807, 2.05) is 43.3 Å². The summed E-state index contributed by atoms with van der Waals surface area (Å²) < 4.78 is 2.44. The zero-order valence-corrected chi connectivity index (χ0v) is 31.2. The van der Waals surface area contributed by atoms with Crippen LogP contribution in [0.3, 0.4) is 0 Å². The van der Waals surface area contributed by atoms with Gasteiger partial charge in [0.25, 0.3) is 0 Å². The van der Waals surface area contributed by atoms with Crippen molar-refractivity contribution in [2.45, 2.75) is 32.1 Å². The minimum Gasteiger partial charge on any atom is -0.233 e. The van der Waals surface area contributed by atoms with Crippen molar-refractivity contribution in [3.63, 3.8) is 0 Å². The number of nitrogens with zero attached hydrogens (tertiary/aromatic N) is 2. The fourth-order valence-electron chi connectivity index (χ4n) is 7.96. The highest BCUT2D eigenvalue weighted by Crippen LogP contribution is 2.44. The second kappa shape index (κ2) is 14.7. The number of thiophene rings is 1. The summed E-state index contributed by atoms with van der Waals surface area (Å²) in [5.41, 5.74) is 14.2. The summed E-state index contributed by atoms with van der Waals surface area (Å²) in [6.07, 6.45) is 3.29. The molecule has 1 atom stereocenters. The molecule has 1 aliphatic rings. The van der Waals surface area contributed by atoms with Crippen LogP contribution in [0.5, 0.6) is 0 Å². The van der Waals surface area contributed by atoms with E-state index in [0.29, 0.717) is 17.5 Å². The molecule has 1 heterocycles. The maximum atomic E-state index is 5.11. The molecule has 0 fully saturated rings. The van der Waals surface area contributed by atoms with Crippen LogP contribution in [0.2, 0.25) is 0 Å². The van der Waals surface area contributed by atoms with Gasteiger partial charge in [0.1, 0.15) is 0 Å². The summed E-state index contributed by atoms with van der Waals surface area (Å²) in [4.78, 5) is 10.1. The molecule has 2 nitrogen and oxygen atoms in total. The van der Waals surface area contributed by atoms with Gasteiger partial charge in [-0.25, -0.2) is 9.98 Å². The van der Waals surface area contributed by atoms with E-state index in [1.54, 1.807) is 11.3 Å². The lowest BCUT2D eigenvalue weighted by Gasteiger charge is -2.19. The molecule has 0 saturated carbocycles. The highest BCUT2D eigenvalue weighted by atomic mass is 32.1. The van der Waals surface area contributed by atoms with Gasteiger partial charge in [0.2, 0.25) is 0 Å². The van der Waals surface area contributed by atoms with Crippen molar-refractivity contribution in [3.05, 3.63) is 210 Å². The Labute approximate surface area is 321 Å². The Bertz CT molecular complexity index is 2700. The number of fused-ring (bicyclic) bond motifs is 6. The first kappa shape index (κ1) is 33.7. The number of benzene rings is 7. The molecule has 0 saturated heterocycles. The molecular formula is C51H40N2S. The van der Waals surface area contributed by atoms with E-state index in [9.17, 15) is 0 Å². The van der Waals surface area contributed by atoms with E-state index in [2.05, 4.69) is 140 Å². The average molecular weight is 713 g/mol. The summed E-state index contributed by atoms with van der Waals surface area (Å²) in [5, 5.41) is 2.48. The molecule has 0 aliphatic heterocycles. The molecule has 0 radical (unpaired) electrons. The number of aliphatic imine (C=N–C) groups is 2. The molecule has 1 unspecified atom stereocenters. The van der Waals surface area contributed by atoms with Gasteiger partial charge < -0.3 is 0 Å². The van der Waals surface area contributed by atoms with E-state index in [-0.39, 0.29) is 0 Å². The van der Waals surface area contributed by atoms with Crippen molar-refractivity contribution in [1.29, 1.82) is 0 Å². The number of hydrogen-bond donors (Lipinski definition) is 0. The topological polar surface area (TPSA) is 24.7 Å². The van der Waals surface area contributed by atoms with Crippen LogP contribution in [0, 0.1) is 0 Å². The lowest BCUT2D eigenvalue weighted by molar-refractivity contribution is 0.629. The van der Waals surface area contributed by atoms with Crippen LogP contribution in [0.15, 0.2) is 186 Å². The molecular weight excluding hydrogens is 673 g/mol. The minimum absolute atomic E-state index is 0.469. The number of rotatable bonds is 7. The van der Waals surface area contributed by atoms with Crippen molar-refractivity contribution < 1.29 is 0 Å². The first-order valence-electron chi connectivity index (χ1n) is 18.7. The SMILES string of the molecule is C=C(N=C(N=C(C)c1ccccc1)c1ccccc1)c1cccc2c1sc1ccc(-c3ccc4c(c3)-c3ccccc3CCC4Cc3ccccc3)cc12. The third-order valence-corrected chi connectivity index (χ3v) is 12.0. The Kier molecular flexibility index (Phi) is 9.16. The molecule has 0 bridgehead atoms. The minimum atomic E-state index is 0.469. The smallest absolute Gasteiger partial charge is 0.160 e. The van der Waals surface area contributed by atoms with Crippen LogP contribution in [-0.2, 0) is 12.8 Å². The number of aryl methyl sites for hydroxylation is 1. The predicted molar refractivity (Wildman–Crippen MR) is 232 cm³/mol. The largest absolute Gasteiger partial charge is 0.233 e. The van der Waals surface area contributed by atoms with Crippen LogP contribution >= 0.6 is 11.3 Å². The van der Waals surface area contributed by atoms with Crippen molar-refractivity contribution in [3.8, 4) is 22.3 Å². The molecule has 0 amide bonds. The normalized spacial score (nSPS) is 14.4. The fourth-order valence-corrected chi connectivity index (χ4v) is 9.18. The van der Waals surface area contributed by atoms with Crippen molar-refractivity contribution >= 4 is 48.8 Å². The van der Waals surface area contributed by atoms with Crippen LogP contribution in [-0.4, -0.2) is 11.5 Å². The van der Waals surface area contributed by atoms with E-state index in [4.69, 9.17) is 9.98 Å². The number of hydrogen-bond acceptors (Lipinski definition) is 2. The van der Waals surface area contributed by atoms with Gasteiger partial charge in [0.05, 0.1) is 5.70 Å². The fraction of sp³-hybridized carbons (Fsp3) is 0.0980. The van der Waals surface area contributed by atoms with Gasteiger partial charge in [-0.05, 0) is 94.8 Å². The van der Waals surface area contributed by atoms with Gasteiger partial charge in [-0.15, -0.1) is 11.3 Å². The van der Waals surface area contributed by atoms with Gasteiger partial charge in [-0.3, -0.25) is 0 Å². The Hall–Kier alpha value is -6.16. The lowest BCUT2D eigenvalue weighted by Crippen LogP contribution is -2.04. The molecule has 54 heavy (non-hydrogen) atoms. The van der Waals surface area contributed by atoms with Crippen LogP contribution in [0.4, 0.5) is 0 Å². The number of amidine groups is 1. The zero-order valence-electron chi connectivity index (χ0n) is 30.4. The molecule has 7 aromatic carbocycles. The first-order chi connectivity index (χ1) is 26.6. The molecule has 9 rings (SSSR count). The average Bonchev–Trinajstić information content (AvgIpc) is 3.53. The van der Waals surface area contributed by atoms with Gasteiger partial charge in [-0.2, -0.15) is 0 Å². The Balaban J connectivity index is 1.10. The molecule has 0 spiro atoms. The van der Waals surface area contributed by atoms with E-state index in [1.165, 1.54) is 59.1 Å². The Morgan fingerprint density at radius 1 is 0.630 bits per heavy atom. The van der Waals surface area contributed by atoms with Crippen molar-refractivity contribution in [1.82, 2.24) is 0 Å². The molecule has 1 aromatic heterocycles. The molecule has 8 aromatic rings. The highest BCUT2D eigenvalue weighted by Gasteiger charge is 2.23. The molecule has 260 valence electrons. The van der Waals surface area contributed by atoms with Gasteiger partial charge in [0, 0.05) is 37.0 Å². The zero-order chi connectivity index (χ0) is 36.4. The van der Waals surface area contributed by atoms with E-state index >= 15 is 0 Å². The summed E-state index contributed by atoms with van der Waals surface area (Å²) in [6, 6.07) is 61.0. The van der Waals surface area contributed by atoms with Gasteiger partial charge in [0.15, 0.2) is 5.84 Å². The summed E-state index contributed by atoms with van der Waals surface area (Å²) in [6.45, 7) is 6.54. The predicted octanol–water partition coefficient (Wildman–Crippen LogP) is 13.6. The quantitative estimate of drug-likeness (QED) is 0.116. The standard InChI is InChI=1S/C51H40N2S/c1-34(37-17-8-4-9-18-37)52-51(39-20-10-5-11-21-39)53-35(2)43-23-14-24-46-48-33-41(28-30-49(48)54-50(43)46)40-27-29-45-42(31-36-15-6-3-7-16-36)26-25-38-19-12-13-22-44(38)47(45)32-40/h3-24,27-30,32-33,42H,2,25-26,31H2,1H3. The maximum Gasteiger partial charge on any atom is 0.160 e. The van der Waals surface area contributed by atoms with Crippen molar-refractivity contribution in [2.24, 2.45) is 9.98 Å². The van der Waals surface area contributed by atoms with Gasteiger partial charge >= 0.3 is 0 Å². The van der Waals surface area contributed by atoms with Gasteiger partial charge in [-0.1, -0.05) is 158 Å². The Morgan fingerprint density at radius 3 is 2.11 bits per heavy atom. The van der Waals surface area contributed by atoms with Crippen LogP contribution < -0.4 is 0 Å². The maximum absolute atomic E-state index is 5.11. The summed E-state index contributed by atoms with van der Waals surface area (Å²) >= 11 is 1.81. The van der Waals surface area contributed by atoms with Crippen molar-refractivity contribution in [2.75, 3.05) is 0 Å². The first-order valence-corrected chi connectivity index (χ1v) is 19.6. The highest BCUT2D eigenvalue weighted by molar-refractivity contribution is 7.26. The third kappa shape index (κ3) is 6.64. The van der Waals surface area contributed by atoms with Crippen LogP contribution in [0.25, 0.3) is 48.1 Å². The van der Waals surface area contributed by atoms with E-state index < -0.39 is 0 Å².